The average molecular weight is 795 g/mol. The Bertz CT molecular complexity index is 1720. The second-order valence-electron chi connectivity index (χ2n) is 15.2. The summed E-state index contributed by atoms with van der Waals surface area (Å²) in [5.74, 6) is 1.72. The zero-order valence-electron chi connectivity index (χ0n) is 32.7. The van der Waals surface area contributed by atoms with Crippen molar-refractivity contribution in [1.29, 1.82) is 10.5 Å². The molecule has 0 aromatic heterocycles. The van der Waals surface area contributed by atoms with Gasteiger partial charge in [-0.25, -0.2) is 0 Å². The quantitative estimate of drug-likeness (QED) is 0.0816. The van der Waals surface area contributed by atoms with Crippen molar-refractivity contribution in [2.45, 2.75) is 89.9 Å². The Morgan fingerprint density at radius 3 is 1.02 bits per heavy atom. The molecule has 1 saturated heterocycles. The fourth-order valence-electron chi connectivity index (χ4n) is 7.16. The lowest BCUT2D eigenvalue weighted by Gasteiger charge is -2.48. The van der Waals surface area contributed by atoms with Gasteiger partial charge in [-0.3, -0.25) is 0 Å². The third kappa shape index (κ3) is 12.6. The zero-order valence-corrected chi connectivity index (χ0v) is 36.7. The Morgan fingerprint density at radius 1 is 0.426 bits per heavy atom. The van der Waals surface area contributed by atoms with E-state index < -0.39 is 34.2 Å². The molecule has 1 aliphatic rings. The number of hydrogen-bond acceptors (Lipinski definition) is 8. The van der Waals surface area contributed by atoms with E-state index in [1.54, 1.807) is 0 Å². The van der Waals surface area contributed by atoms with Crippen LogP contribution in [0.5, 0.6) is 11.5 Å². The highest BCUT2D eigenvalue weighted by Gasteiger charge is 2.53. The number of benzene rings is 4. The molecule has 1 heterocycles. The van der Waals surface area contributed by atoms with E-state index in [4.69, 9.17) is 36.5 Å². The van der Waals surface area contributed by atoms with Crippen LogP contribution in [0.4, 0.5) is 0 Å². The van der Waals surface area contributed by atoms with Crippen molar-refractivity contribution in [3.05, 3.63) is 108 Å². The first-order valence-corrected chi connectivity index (χ1v) is 29.7. The van der Waals surface area contributed by atoms with Gasteiger partial charge in [0.15, 0.2) is 0 Å². The van der Waals surface area contributed by atoms with Crippen molar-refractivity contribution in [1.82, 2.24) is 0 Å². The van der Waals surface area contributed by atoms with E-state index in [9.17, 15) is 0 Å². The molecule has 0 radical (unpaired) electrons. The molecule has 12 heteroatoms. The first-order valence-electron chi connectivity index (χ1n) is 19.1. The normalized spacial score (nSPS) is 20.5. The van der Waals surface area contributed by atoms with Crippen LogP contribution in [0.1, 0.15) is 49.7 Å². The van der Waals surface area contributed by atoms with Crippen molar-refractivity contribution in [2.75, 3.05) is 13.2 Å². The van der Waals surface area contributed by atoms with Crippen LogP contribution < -0.4 is 9.47 Å². The fraction of sp³-hybridized carbons (Fsp3) is 0.381. The molecule has 0 N–H and O–H groups in total. The molecule has 0 saturated carbocycles. The van der Waals surface area contributed by atoms with Crippen LogP contribution in [0.2, 0.25) is 51.4 Å². The van der Waals surface area contributed by atoms with Gasteiger partial charge in [0.05, 0.1) is 36.5 Å². The fourth-order valence-corrected chi connectivity index (χ4v) is 29.4. The predicted octanol–water partition coefficient (Wildman–Crippen LogP) is 11.2. The van der Waals surface area contributed by atoms with E-state index in [2.05, 4.69) is 75.7 Å². The first kappa shape index (κ1) is 41.3. The highest BCUT2D eigenvalue weighted by molar-refractivity contribution is 6.93. The molecule has 8 nitrogen and oxygen atoms in total. The lowest BCUT2D eigenvalue weighted by atomic mass is 10.0. The van der Waals surface area contributed by atoms with Crippen LogP contribution >= 0.6 is 0 Å². The second kappa shape index (κ2) is 18.7. The van der Waals surface area contributed by atoms with E-state index >= 15 is 0 Å². The van der Waals surface area contributed by atoms with Gasteiger partial charge in [0.2, 0.25) is 0 Å². The maximum Gasteiger partial charge on any atom is 0.317 e. The largest absolute Gasteiger partial charge is 0.494 e. The smallest absolute Gasteiger partial charge is 0.317 e. The maximum atomic E-state index is 9.04. The van der Waals surface area contributed by atoms with Gasteiger partial charge >= 0.3 is 34.2 Å². The van der Waals surface area contributed by atoms with Gasteiger partial charge in [0.25, 0.3) is 0 Å². The molecule has 4 aromatic carbocycles. The molecule has 0 amide bonds. The van der Waals surface area contributed by atoms with Crippen LogP contribution in [0.15, 0.2) is 97.1 Å². The van der Waals surface area contributed by atoms with Gasteiger partial charge in [0, 0.05) is 0 Å². The molecule has 1 fully saturated rings. The second-order valence-corrected chi connectivity index (χ2v) is 29.6. The molecule has 0 aliphatic carbocycles. The molecule has 284 valence electrons. The summed E-state index contributed by atoms with van der Waals surface area (Å²) in [7, 11) is -10.0. The molecular formula is C42H54N2O6Si4. The summed E-state index contributed by atoms with van der Waals surface area (Å²) >= 11 is 0. The minimum absolute atomic E-state index is 0.660. The van der Waals surface area contributed by atoms with Crippen molar-refractivity contribution < 1.29 is 25.9 Å². The summed E-state index contributed by atoms with van der Waals surface area (Å²) < 4.78 is 39.8. The number of rotatable bonds is 16. The average Bonchev–Trinajstić information content (AvgIpc) is 3.13. The summed E-state index contributed by atoms with van der Waals surface area (Å²) in [6.45, 7) is 14.3. The Hall–Kier alpha value is -3.83. The minimum Gasteiger partial charge on any atom is -0.494 e. The van der Waals surface area contributed by atoms with Crippen LogP contribution in [-0.4, -0.2) is 47.5 Å². The van der Waals surface area contributed by atoms with Crippen molar-refractivity contribution >= 4 is 34.2 Å². The van der Waals surface area contributed by atoms with Gasteiger partial charge < -0.3 is 25.9 Å². The van der Waals surface area contributed by atoms with Crippen LogP contribution in [0, 0.1) is 22.7 Å². The highest BCUT2D eigenvalue weighted by atomic mass is 28.5. The number of nitriles is 2. The number of nitrogens with zero attached hydrogens (tertiary/aromatic N) is 2. The Balaban J connectivity index is 1.00. The number of hydrogen-bond donors (Lipinski definition) is 0. The first-order chi connectivity index (χ1) is 25.8. The lowest BCUT2D eigenvalue weighted by molar-refractivity contribution is 0.228. The SMILES string of the molecule is C[Si]1(C)O[Si](C)(CCCCCOc2ccc(-c3ccc(C#N)cc3)cc2)O[Si](C)(C)O[Si](C)(CCCCCOc2ccc(-c3ccc(C#N)cc3)cc2)O1. The molecule has 0 atom stereocenters. The number of ether oxygens (including phenoxy) is 2. The molecule has 0 unspecified atom stereocenters. The summed E-state index contributed by atoms with van der Waals surface area (Å²) in [4.78, 5) is 0. The van der Waals surface area contributed by atoms with Gasteiger partial charge in [0.1, 0.15) is 11.5 Å². The topological polar surface area (TPSA) is 103 Å². The van der Waals surface area contributed by atoms with Crippen molar-refractivity contribution in [3.8, 4) is 45.9 Å². The van der Waals surface area contributed by atoms with Crippen LogP contribution in [0.25, 0.3) is 22.3 Å². The summed E-state index contributed by atoms with van der Waals surface area (Å²) in [5, 5.41) is 18.1. The van der Waals surface area contributed by atoms with E-state index in [0.29, 0.717) is 24.3 Å². The van der Waals surface area contributed by atoms with Gasteiger partial charge in [-0.05, 0) is 135 Å². The third-order valence-electron chi connectivity index (χ3n) is 9.34. The lowest BCUT2D eigenvalue weighted by Crippen LogP contribution is -2.65. The zero-order chi connectivity index (χ0) is 38.7. The van der Waals surface area contributed by atoms with E-state index in [1.807, 2.05) is 72.8 Å². The summed E-state index contributed by atoms with van der Waals surface area (Å²) in [5.41, 5.74) is 5.68. The van der Waals surface area contributed by atoms with E-state index in [-0.39, 0.29) is 0 Å². The molecule has 0 bridgehead atoms. The monoisotopic (exact) mass is 794 g/mol. The molecule has 54 heavy (non-hydrogen) atoms. The van der Waals surface area contributed by atoms with Crippen molar-refractivity contribution in [2.24, 2.45) is 0 Å². The summed E-state index contributed by atoms with van der Waals surface area (Å²) in [6.07, 6.45) is 6.00. The molecule has 1 aliphatic heterocycles. The van der Waals surface area contributed by atoms with Gasteiger partial charge in [-0.15, -0.1) is 0 Å². The minimum atomic E-state index is -2.52. The molecule has 5 rings (SSSR count). The van der Waals surface area contributed by atoms with Gasteiger partial charge in [-0.1, -0.05) is 74.2 Å². The molecule has 0 spiro atoms. The Labute approximate surface area is 326 Å². The van der Waals surface area contributed by atoms with Crippen LogP contribution in [-0.2, 0) is 16.5 Å². The van der Waals surface area contributed by atoms with Crippen molar-refractivity contribution in [3.63, 3.8) is 0 Å². The Morgan fingerprint density at radius 2 is 0.722 bits per heavy atom. The third-order valence-corrected chi connectivity index (χ3v) is 26.6. The predicted molar refractivity (Wildman–Crippen MR) is 224 cm³/mol. The number of unbranched alkanes of at least 4 members (excludes halogenated alkanes) is 4. The highest BCUT2D eigenvalue weighted by Crippen LogP contribution is 2.36. The van der Waals surface area contributed by atoms with E-state index in [0.717, 1.165) is 84.4 Å². The van der Waals surface area contributed by atoms with E-state index in [1.165, 1.54) is 0 Å². The standard InChI is InChI=1S/C42H54N2O6Si4/c1-51(2)47-53(5,31-11-7-9-29-45-41-25-21-39(22-26-41)37-17-13-35(33-43)14-18-37)49-52(3,4)50-54(6,48-51)32-12-8-10-30-46-42-27-23-40(24-28-42)38-19-15-36(34-44)16-20-38/h13-28H,7-12,29-32H2,1-6H3. The Kier molecular flexibility index (Phi) is 14.3. The molecular weight excluding hydrogens is 741 g/mol. The summed E-state index contributed by atoms with van der Waals surface area (Å²) in [6, 6.07) is 37.6. The maximum absolute atomic E-state index is 9.04. The van der Waals surface area contributed by atoms with Crippen LogP contribution in [0.3, 0.4) is 0 Å². The molecule has 4 aromatic rings. The van der Waals surface area contributed by atoms with Gasteiger partial charge in [-0.2, -0.15) is 10.5 Å².